The third-order valence-electron chi connectivity index (χ3n) is 4.92. The van der Waals surface area contributed by atoms with E-state index in [0.29, 0.717) is 35.4 Å². The van der Waals surface area contributed by atoms with E-state index in [9.17, 15) is 4.79 Å². The maximum Gasteiger partial charge on any atom is 0.269 e. The minimum Gasteiger partial charge on any atom is -0.347 e. The first-order valence-electron chi connectivity index (χ1n) is 10.6. The van der Waals surface area contributed by atoms with Crippen molar-refractivity contribution in [1.82, 2.24) is 9.88 Å². The number of carbonyl (C=O) groups is 1. The van der Waals surface area contributed by atoms with Crippen LogP contribution in [0, 0.1) is 13.8 Å². The smallest absolute Gasteiger partial charge is 0.269 e. The minimum atomic E-state index is -0.155. The zero-order valence-corrected chi connectivity index (χ0v) is 20.7. The molecule has 1 heterocycles. The Labute approximate surface area is 202 Å². The Morgan fingerprint density at radius 1 is 1.03 bits per heavy atom. The lowest BCUT2D eigenvalue weighted by atomic mass is 10.1. The van der Waals surface area contributed by atoms with Crippen LogP contribution in [-0.4, -0.2) is 17.0 Å². The van der Waals surface area contributed by atoms with Crippen LogP contribution in [0.1, 0.15) is 46.4 Å². The molecule has 32 heavy (non-hydrogen) atoms. The molecule has 0 atom stereocenters. The quantitative estimate of drug-likeness (QED) is 0.374. The first-order chi connectivity index (χ1) is 15.4. The SMILES string of the molecule is Cc1cc(C)cc(N=c2scc(C(=O)NCc3cc(Cl)cc(Cl)c3)n2CCCCCN)c1. The van der Waals surface area contributed by atoms with Crippen LogP contribution in [0.25, 0.3) is 0 Å². The molecule has 3 N–H and O–H groups in total. The third-order valence-corrected chi connectivity index (χ3v) is 6.22. The summed E-state index contributed by atoms with van der Waals surface area (Å²) < 4.78 is 2.00. The van der Waals surface area contributed by atoms with Gasteiger partial charge in [0.2, 0.25) is 0 Å². The third kappa shape index (κ3) is 6.94. The second-order valence-electron chi connectivity index (χ2n) is 7.82. The number of aryl methyl sites for hydroxylation is 2. The summed E-state index contributed by atoms with van der Waals surface area (Å²) in [5, 5.41) is 5.93. The van der Waals surface area contributed by atoms with Crippen LogP contribution in [-0.2, 0) is 13.1 Å². The molecule has 0 aliphatic rings. The van der Waals surface area contributed by atoms with Crippen LogP contribution < -0.4 is 15.9 Å². The molecule has 0 spiro atoms. The first kappa shape index (κ1) is 24.5. The second kappa shape index (κ2) is 11.7. The van der Waals surface area contributed by atoms with Crippen molar-refractivity contribution >= 4 is 46.1 Å². The molecule has 0 radical (unpaired) electrons. The highest BCUT2D eigenvalue weighted by atomic mass is 35.5. The predicted octanol–water partition coefficient (Wildman–Crippen LogP) is 5.76. The summed E-state index contributed by atoms with van der Waals surface area (Å²) in [4.78, 5) is 18.7. The van der Waals surface area contributed by atoms with Gasteiger partial charge in [-0.1, -0.05) is 35.7 Å². The maximum absolute atomic E-state index is 13.0. The number of nitrogens with two attached hydrogens (primary N) is 1. The summed E-state index contributed by atoms with van der Waals surface area (Å²) in [6.45, 7) is 5.83. The Morgan fingerprint density at radius 3 is 2.38 bits per heavy atom. The molecule has 8 heteroatoms. The van der Waals surface area contributed by atoms with Crippen molar-refractivity contribution in [1.29, 1.82) is 0 Å². The molecular formula is C24H28Cl2N4OS. The van der Waals surface area contributed by atoms with E-state index in [2.05, 4.69) is 25.2 Å². The number of benzene rings is 2. The molecule has 170 valence electrons. The Bertz CT molecular complexity index is 1110. The zero-order chi connectivity index (χ0) is 23.1. The number of unbranched alkanes of at least 4 members (excludes halogenated alkanes) is 2. The van der Waals surface area contributed by atoms with Gasteiger partial charge in [0.1, 0.15) is 5.69 Å². The molecule has 0 fully saturated rings. The van der Waals surface area contributed by atoms with E-state index in [4.69, 9.17) is 33.9 Å². The predicted molar refractivity (Wildman–Crippen MR) is 134 cm³/mol. The van der Waals surface area contributed by atoms with E-state index in [1.807, 2.05) is 22.1 Å². The summed E-state index contributed by atoms with van der Waals surface area (Å²) in [5.74, 6) is -0.155. The van der Waals surface area contributed by atoms with Gasteiger partial charge in [-0.15, -0.1) is 11.3 Å². The van der Waals surface area contributed by atoms with Crippen molar-refractivity contribution in [3.8, 4) is 0 Å². The fourth-order valence-electron chi connectivity index (χ4n) is 3.52. The van der Waals surface area contributed by atoms with E-state index >= 15 is 0 Å². The van der Waals surface area contributed by atoms with Gasteiger partial charge in [-0.3, -0.25) is 4.79 Å². The Kier molecular flexibility index (Phi) is 8.93. The molecule has 3 aromatic rings. The molecular weight excluding hydrogens is 463 g/mol. The van der Waals surface area contributed by atoms with E-state index in [0.717, 1.165) is 46.4 Å². The summed E-state index contributed by atoms with van der Waals surface area (Å²) in [5.41, 5.74) is 10.3. The topological polar surface area (TPSA) is 72.4 Å². The number of thiazole rings is 1. The number of hydrogen-bond donors (Lipinski definition) is 2. The highest BCUT2D eigenvalue weighted by molar-refractivity contribution is 7.07. The number of nitrogens with zero attached hydrogens (tertiary/aromatic N) is 2. The molecule has 0 saturated heterocycles. The van der Waals surface area contributed by atoms with Crippen LogP contribution in [0.15, 0.2) is 46.8 Å². The van der Waals surface area contributed by atoms with Crippen LogP contribution in [0.5, 0.6) is 0 Å². The van der Waals surface area contributed by atoms with Gasteiger partial charge in [0.15, 0.2) is 4.80 Å². The van der Waals surface area contributed by atoms with Gasteiger partial charge in [0, 0.05) is 28.5 Å². The molecule has 1 aromatic heterocycles. The Morgan fingerprint density at radius 2 is 1.72 bits per heavy atom. The highest BCUT2D eigenvalue weighted by Crippen LogP contribution is 2.19. The summed E-state index contributed by atoms with van der Waals surface area (Å²) >= 11 is 13.6. The highest BCUT2D eigenvalue weighted by Gasteiger charge is 2.14. The zero-order valence-electron chi connectivity index (χ0n) is 18.3. The summed E-state index contributed by atoms with van der Waals surface area (Å²) in [6, 6.07) is 11.5. The fourth-order valence-corrected chi connectivity index (χ4v) is 5.02. The first-order valence-corrected chi connectivity index (χ1v) is 12.2. The van der Waals surface area contributed by atoms with Crippen molar-refractivity contribution in [2.24, 2.45) is 10.7 Å². The lowest BCUT2D eigenvalue weighted by Gasteiger charge is -2.10. The molecule has 0 saturated carbocycles. The molecule has 2 aromatic carbocycles. The number of halogens is 2. The number of carbonyl (C=O) groups excluding carboxylic acids is 1. The van der Waals surface area contributed by atoms with Crippen LogP contribution in [0.2, 0.25) is 10.0 Å². The van der Waals surface area contributed by atoms with Crippen LogP contribution in [0.4, 0.5) is 5.69 Å². The average Bonchev–Trinajstić information content (AvgIpc) is 3.10. The van der Waals surface area contributed by atoms with Crippen molar-refractivity contribution in [3.63, 3.8) is 0 Å². The molecule has 3 rings (SSSR count). The van der Waals surface area contributed by atoms with Crippen molar-refractivity contribution < 1.29 is 4.79 Å². The lowest BCUT2D eigenvalue weighted by Crippen LogP contribution is -2.28. The molecule has 0 aliphatic heterocycles. The maximum atomic E-state index is 13.0. The van der Waals surface area contributed by atoms with Gasteiger partial charge >= 0.3 is 0 Å². The molecule has 0 unspecified atom stereocenters. The van der Waals surface area contributed by atoms with Crippen molar-refractivity contribution in [2.75, 3.05) is 6.54 Å². The molecule has 1 amide bonds. The summed E-state index contributed by atoms with van der Waals surface area (Å²) in [7, 11) is 0. The van der Waals surface area contributed by atoms with E-state index < -0.39 is 0 Å². The average molecular weight is 491 g/mol. The van der Waals surface area contributed by atoms with Crippen molar-refractivity contribution in [2.45, 2.75) is 46.2 Å². The fraction of sp³-hybridized carbons (Fsp3) is 0.333. The van der Waals surface area contributed by atoms with E-state index in [-0.39, 0.29) is 5.91 Å². The largest absolute Gasteiger partial charge is 0.347 e. The van der Waals surface area contributed by atoms with Gasteiger partial charge in [-0.2, -0.15) is 0 Å². The number of aromatic nitrogens is 1. The Balaban J connectivity index is 1.86. The van der Waals surface area contributed by atoms with Crippen LogP contribution >= 0.6 is 34.5 Å². The normalized spacial score (nSPS) is 11.7. The van der Waals surface area contributed by atoms with Crippen molar-refractivity contribution in [3.05, 3.63) is 79.0 Å². The van der Waals surface area contributed by atoms with Gasteiger partial charge < -0.3 is 15.6 Å². The molecule has 0 aliphatic carbocycles. The van der Waals surface area contributed by atoms with E-state index in [1.165, 1.54) is 11.3 Å². The molecule has 5 nitrogen and oxygen atoms in total. The standard InChI is InChI=1S/C24H28Cl2N4OS/c1-16-8-17(2)10-21(9-16)29-24-30(7-5-3-4-6-27)22(15-32-24)23(31)28-14-18-11-19(25)13-20(26)12-18/h8-13,15H,3-7,14,27H2,1-2H3,(H,28,31). The van der Waals surface area contributed by atoms with E-state index in [1.54, 1.807) is 18.2 Å². The lowest BCUT2D eigenvalue weighted by molar-refractivity contribution is 0.0941. The summed E-state index contributed by atoms with van der Waals surface area (Å²) in [6.07, 6.45) is 2.90. The second-order valence-corrected chi connectivity index (χ2v) is 9.53. The number of amides is 1. The number of hydrogen-bond acceptors (Lipinski definition) is 4. The minimum absolute atomic E-state index is 0.155. The molecule has 0 bridgehead atoms. The van der Waals surface area contributed by atoms with Gasteiger partial charge in [0.05, 0.1) is 5.69 Å². The number of nitrogens with one attached hydrogen (secondary N) is 1. The number of rotatable bonds is 9. The monoisotopic (exact) mass is 490 g/mol. The van der Waals surface area contributed by atoms with Gasteiger partial charge in [-0.05, 0) is 80.3 Å². The van der Waals surface area contributed by atoms with Gasteiger partial charge in [-0.25, -0.2) is 4.99 Å². The Hall–Kier alpha value is -2.12. The van der Waals surface area contributed by atoms with Crippen LogP contribution in [0.3, 0.4) is 0 Å². The van der Waals surface area contributed by atoms with Gasteiger partial charge in [0.25, 0.3) is 5.91 Å².